The molecule has 0 fully saturated rings. The smallest absolute Gasteiger partial charge is 0.293 e. The molecule has 1 N–H and O–H groups in total. The highest BCUT2D eigenvalue weighted by atomic mass is 32.2. The van der Waals surface area contributed by atoms with Gasteiger partial charge in [-0.05, 0) is 56.7 Å². The van der Waals surface area contributed by atoms with Crippen LogP contribution in [0.3, 0.4) is 0 Å². The van der Waals surface area contributed by atoms with Crippen LogP contribution in [0.1, 0.15) is 25.0 Å². The van der Waals surface area contributed by atoms with Gasteiger partial charge in [0.25, 0.3) is 0 Å². The van der Waals surface area contributed by atoms with Crippen LogP contribution in [-0.2, 0) is 10.0 Å². The molecular weight excluding hydrogens is 453 g/mol. The Morgan fingerprint density at radius 1 is 1.15 bits per heavy atom. The van der Waals surface area contributed by atoms with Gasteiger partial charge in [-0.25, -0.2) is 13.4 Å². The van der Waals surface area contributed by atoms with Crippen LogP contribution < -0.4 is 4.72 Å². The third kappa shape index (κ3) is 3.83. The summed E-state index contributed by atoms with van der Waals surface area (Å²) in [5.41, 5.74) is 1.03. The second-order valence-electron chi connectivity index (χ2n) is 8.26. The van der Waals surface area contributed by atoms with E-state index < -0.39 is 21.7 Å². The first kappa shape index (κ1) is 22.8. The molecule has 0 radical (unpaired) electrons. The lowest BCUT2D eigenvalue weighted by Gasteiger charge is -2.28. The van der Waals surface area contributed by atoms with E-state index in [1.54, 1.807) is 10.9 Å². The number of rotatable bonds is 5. The minimum atomic E-state index is -4.77. The summed E-state index contributed by atoms with van der Waals surface area (Å²) in [6, 6.07) is 9.44. The standard InChI is InChI=1S/C23H19F3N4O2S/c1-14-11-18-19(12-27)20(30(16-5-4-6-16)21(18)28-13-14)15-7-9-17(10-8-15)33(31,32)29-22(2,3)23(24,25)26/h4-11,13,29H,1-3H3. The van der Waals surface area contributed by atoms with E-state index in [0.29, 0.717) is 27.9 Å². The van der Waals surface area contributed by atoms with E-state index in [1.165, 1.54) is 24.3 Å². The van der Waals surface area contributed by atoms with Gasteiger partial charge in [0.1, 0.15) is 17.3 Å². The number of pyridine rings is 1. The number of sulfonamides is 1. The zero-order valence-electron chi connectivity index (χ0n) is 17.9. The number of halogens is 3. The third-order valence-corrected chi connectivity index (χ3v) is 7.06. The first-order chi connectivity index (χ1) is 15.4. The predicted octanol–water partition coefficient (Wildman–Crippen LogP) is 4.91. The summed E-state index contributed by atoms with van der Waals surface area (Å²) >= 11 is 0. The maximum absolute atomic E-state index is 13.2. The van der Waals surface area contributed by atoms with Crippen LogP contribution in [0.25, 0.3) is 28.0 Å². The van der Waals surface area contributed by atoms with Crippen LogP contribution in [0.2, 0.25) is 0 Å². The van der Waals surface area contributed by atoms with E-state index in [1.807, 2.05) is 35.8 Å². The van der Waals surface area contributed by atoms with E-state index in [4.69, 9.17) is 0 Å². The number of hydrogen-bond donors (Lipinski definition) is 1. The molecule has 0 atom stereocenters. The number of aromatic nitrogens is 2. The summed E-state index contributed by atoms with van der Waals surface area (Å²) in [6.07, 6.45) is 2.48. The lowest BCUT2D eigenvalue weighted by Crippen LogP contribution is -2.54. The maximum Gasteiger partial charge on any atom is 0.407 e. The van der Waals surface area contributed by atoms with Crippen LogP contribution in [0.15, 0.2) is 59.7 Å². The molecule has 3 aromatic rings. The molecule has 6 nitrogen and oxygen atoms in total. The van der Waals surface area contributed by atoms with Gasteiger partial charge >= 0.3 is 6.18 Å². The highest BCUT2D eigenvalue weighted by Gasteiger charge is 2.49. The number of fused-ring (bicyclic) bond motifs is 1. The normalized spacial score (nSPS) is 14.2. The Hall–Kier alpha value is -3.42. The molecule has 0 saturated heterocycles. The molecule has 0 spiro atoms. The molecule has 1 aliphatic carbocycles. The van der Waals surface area contributed by atoms with Crippen molar-refractivity contribution < 1.29 is 21.6 Å². The van der Waals surface area contributed by atoms with Gasteiger partial charge in [-0.2, -0.15) is 23.2 Å². The van der Waals surface area contributed by atoms with Crippen LogP contribution in [0, 0.1) is 18.3 Å². The molecule has 1 aromatic carbocycles. The Kier molecular flexibility index (Phi) is 5.22. The zero-order chi connectivity index (χ0) is 24.2. The van der Waals surface area contributed by atoms with E-state index in [2.05, 4.69) is 11.1 Å². The van der Waals surface area contributed by atoms with Gasteiger partial charge in [-0.3, -0.25) is 4.57 Å². The quantitative estimate of drug-likeness (QED) is 0.571. The van der Waals surface area contributed by atoms with Crippen LogP contribution >= 0.6 is 0 Å². The summed E-state index contributed by atoms with van der Waals surface area (Å²) < 4.78 is 68.2. The second-order valence-corrected chi connectivity index (χ2v) is 9.94. The van der Waals surface area contributed by atoms with Crippen molar-refractivity contribution in [1.29, 1.82) is 5.26 Å². The molecule has 0 bridgehead atoms. The largest absolute Gasteiger partial charge is 0.407 e. The molecule has 170 valence electrons. The van der Waals surface area contributed by atoms with E-state index in [0.717, 1.165) is 25.1 Å². The molecule has 0 unspecified atom stereocenters. The molecule has 0 amide bonds. The highest BCUT2D eigenvalue weighted by molar-refractivity contribution is 7.89. The molecule has 2 heterocycles. The third-order valence-electron chi connectivity index (χ3n) is 5.39. The van der Waals surface area contributed by atoms with Gasteiger partial charge in [0.2, 0.25) is 10.0 Å². The Labute approximate surface area is 188 Å². The lowest BCUT2D eigenvalue weighted by molar-refractivity contribution is -0.180. The van der Waals surface area contributed by atoms with Gasteiger partial charge in [0.05, 0.1) is 16.2 Å². The Balaban J connectivity index is 1.82. The first-order valence-corrected chi connectivity index (χ1v) is 11.3. The number of nitrogens with zero attached hydrogens (tertiary/aromatic N) is 3. The second kappa shape index (κ2) is 7.57. The molecular formula is C23H19F3N4O2S. The topological polar surface area (TPSA) is 87.8 Å². The number of nitriles is 1. The monoisotopic (exact) mass is 472 g/mol. The number of benzene rings is 1. The number of aryl methyl sites for hydroxylation is 1. The minimum absolute atomic E-state index is 0.318. The van der Waals surface area contributed by atoms with Crippen molar-refractivity contribution in [1.82, 2.24) is 14.3 Å². The van der Waals surface area contributed by atoms with Gasteiger partial charge < -0.3 is 0 Å². The molecule has 0 aliphatic heterocycles. The predicted molar refractivity (Wildman–Crippen MR) is 118 cm³/mol. The van der Waals surface area contributed by atoms with Crippen molar-refractivity contribution in [2.75, 3.05) is 0 Å². The van der Waals surface area contributed by atoms with Crippen molar-refractivity contribution in [3.05, 3.63) is 65.9 Å². The van der Waals surface area contributed by atoms with Crippen molar-refractivity contribution in [2.45, 2.75) is 37.4 Å². The molecule has 10 heteroatoms. The van der Waals surface area contributed by atoms with Gasteiger partial charge in [-0.1, -0.05) is 18.2 Å². The maximum atomic E-state index is 13.2. The van der Waals surface area contributed by atoms with Gasteiger partial charge in [0.15, 0.2) is 0 Å². The van der Waals surface area contributed by atoms with Gasteiger partial charge in [0, 0.05) is 22.8 Å². The number of hydrogen-bond acceptors (Lipinski definition) is 4. The summed E-state index contributed by atoms with van der Waals surface area (Å²) in [7, 11) is -4.44. The summed E-state index contributed by atoms with van der Waals surface area (Å²) in [5.74, 6) is 0. The van der Waals surface area contributed by atoms with E-state index in [-0.39, 0.29) is 4.90 Å². The molecule has 4 rings (SSSR count). The van der Waals surface area contributed by atoms with Gasteiger partial charge in [-0.15, -0.1) is 0 Å². The van der Waals surface area contributed by atoms with Crippen LogP contribution in [0.4, 0.5) is 13.2 Å². The molecule has 0 saturated carbocycles. The van der Waals surface area contributed by atoms with Crippen LogP contribution in [0.5, 0.6) is 0 Å². The number of alkyl halides is 3. The van der Waals surface area contributed by atoms with Crippen LogP contribution in [-0.4, -0.2) is 29.7 Å². The summed E-state index contributed by atoms with van der Waals surface area (Å²) in [4.78, 5) is 4.17. The Morgan fingerprint density at radius 3 is 2.30 bits per heavy atom. The molecule has 1 aliphatic rings. The highest BCUT2D eigenvalue weighted by Crippen LogP contribution is 2.37. The average molecular weight is 472 g/mol. The average Bonchev–Trinajstić information content (AvgIpc) is 2.98. The Morgan fingerprint density at radius 2 is 1.79 bits per heavy atom. The van der Waals surface area contributed by atoms with Crippen molar-refractivity contribution in [3.63, 3.8) is 0 Å². The fourth-order valence-corrected chi connectivity index (χ4v) is 4.88. The zero-order valence-corrected chi connectivity index (χ0v) is 18.7. The molecule has 2 aromatic heterocycles. The Bertz CT molecular complexity index is 1470. The number of allylic oxidation sites excluding steroid dienone is 4. The van der Waals surface area contributed by atoms with E-state index >= 15 is 0 Å². The first-order valence-electron chi connectivity index (χ1n) is 9.87. The fraction of sp³-hybridized carbons (Fsp3) is 0.217. The summed E-state index contributed by atoms with van der Waals surface area (Å²) in [6.45, 7) is 3.37. The summed E-state index contributed by atoms with van der Waals surface area (Å²) in [5, 5.41) is 10.6. The molecule has 33 heavy (non-hydrogen) atoms. The van der Waals surface area contributed by atoms with Crippen molar-refractivity contribution in [2.24, 2.45) is 0 Å². The SMILES string of the molecule is Cc1cnc2c(c1)c(C#N)c(-c1ccc(S(=O)(=O)NC(C)(C)C(F)(F)F)cc1)n2C1=CC=C1. The minimum Gasteiger partial charge on any atom is -0.293 e. The van der Waals surface area contributed by atoms with Crippen molar-refractivity contribution in [3.8, 4) is 17.3 Å². The lowest BCUT2D eigenvalue weighted by atomic mass is 10.1. The van der Waals surface area contributed by atoms with Crippen molar-refractivity contribution >= 4 is 26.8 Å². The fourth-order valence-electron chi connectivity index (χ4n) is 3.48. The number of nitrogens with one attached hydrogen (secondary N) is 1. The van der Waals surface area contributed by atoms with E-state index in [9.17, 15) is 26.9 Å².